The van der Waals surface area contributed by atoms with E-state index >= 15 is 0 Å². The summed E-state index contributed by atoms with van der Waals surface area (Å²) >= 11 is 0. The van der Waals surface area contributed by atoms with Gasteiger partial charge < -0.3 is 14.6 Å². The van der Waals surface area contributed by atoms with Crippen molar-refractivity contribution < 1.29 is 24.2 Å². The molecule has 0 radical (unpaired) electrons. The summed E-state index contributed by atoms with van der Waals surface area (Å²) in [6.07, 6.45) is 35.8. The highest BCUT2D eigenvalue weighted by molar-refractivity contribution is 5.71. The van der Waals surface area contributed by atoms with Gasteiger partial charge in [-0.3, -0.25) is 9.59 Å². The fourth-order valence-corrected chi connectivity index (χ4v) is 3.63. The van der Waals surface area contributed by atoms with E-state index in [0.717, 1.165) is 51.4 Å². The van der Waals surface area contributed by atoms with Crippen LogP contribution in [0.15, 0.2) is 60.8 Å². The Bertz CT molecular complexity index is 702. The predicted molar refractivity (Wildman–Crippen MR) is 159 cm³/mol. The summed E-state index contributed by atoms with van der Waals surface area (Å²) in [5.74, 6) is -0.749. The van der Waals surface area contributed by atoms with E-state index in [0.29, 0.717) is 6.42 Å². The molecule has 216 valence electrons. The normalized spacial score (nSPS) is 13.0. The van der Waals surface area contributed by atoms with Crippen molar-refractivity contribution in [3.05, 3.63) is 60.8 Å². The van der Waals surface area contributed by atoms with E-state index in [9.17, 15) is 14.7 Å². The van der Waals surface area contributed by atoms with Crippen LogP contribution in [0.3, 0.4) is 0 Å². The number of hydrogen-bond donors (Lipinski definition) is 1. The lowest BCUT2D eigenvalue weighted by Crippen LogP contribution is -2.28. The second kappa shape index (κ2) is 29.2. The minimum atomic E-state index is -0.822. The molecule has 5 nitrogen and oxygen atoms in total. The van der Waals surface area contributed by atoms with Crippen molar-refractivity contribution in [2.45, 2.75) is 123 Å². The van der Waals surface area contributed by atoms with Crippen LogP contribution in [0.2, 0.25) is 0 Å². The van der Waals surface area contributed by atoms with E-state index in [1.807, 2.05) is 6.08 Å². The van der Waals surface area contributed by atoms with Gasteiger partial charge in [0.25, 0.3) is 0 Å². The van der Waals surface area contributed by atoms with Crippen molar-refractivity contribution in [1.82, 2.24) is 0 Å². The number of unbranched alkanes of at least 4 members (excludes halogenated alkanes) is 8. The third kappa shape index (κ3) is 26.7. The molecule has 0 aliphatic rings. The summed E-state index contributed by atoms with van der Waals surface area (Å²) in [5.41, 5.74) is 0. The fourth-order valence-electron chi connectivity index (χ4n) is 3.63. The zero-order chi connectivity index (χ0) is 27.9. The summed E-state index contributed by atoms with van der Waals surface area (Å²) in [6.45, 7) is 3.88. The second-order valence-corrected chi connectivity index (χ2v) is 9.47. The number of aliphatic hydroxyl groups excluding tert-OH is 1. The highest BCUT2D eigenvalue weighted by Crippen LogP contribution is 2.11. The Morgan fingerprint density at radius 1 is 0.632 bits per heavy atom. The number of carbonyl (C=O) groups is 2. The standard InChI is InChI=1S/C33H54O5/c1-3-5-7-9-11-13-14-15-16-17-18-20-22-24-26-28-33(36)38-31(29-34)30-37-32(35)27-25-23-21-19-12-10-8-6-4-2/h5,7,11,13,15-16,18,20,24,26,31,34H,3-4,6,8-10,12,14,17,19,21-23,25,27-30H2,1-2H3/b7-5-,13-11-,16-15-,20-18-,26-24-. The van der Waals surface area contributed by atoms with Gasteiger partial charge in [-0.25, -0.2) is 0 Å². The first kappa shape index (κ1) is 35.6. The first-order valence-corrected chi connectivity index (χ1v) is 14.8. The lowest BCUT2D eigenvalue weighted by molar-refractivity contribution is -0.160. The van der Waals surface area contributed by atoms with Crippen molar-refractivity contribution in [1.29, 1.82) is 0 Å². The van der Waals surface area contributed by atoms with Crippen LogP contribution in [0.4, 0.5) is 0 Å². The molecule has 1 N–H and O–H groups in total. The molecule has 38 heavy (non-hydrogen) atoms. The van der Waals surface area contributed by atoms with Gasteiger partial charge in [0.15, 0.2) is 6.10 Å². The van der Waals surface area contributed by atoms with Crippen LogP contribution in [-0.4, -0.2) is 36.4 Å². The lowest BCUT2D eigenvalue weighted by atomic mass is 10.1. The minimum absolute atomic E-state index is 0.107. The van der Waals surface area contributed by atoms with Crippen LogP contribution in [-0.2, 0) is 19.1 Å². The number of esters is 2. The summed E-state index contributed by atoms with van der Waals surface area (Å²) in [6, 6.07) is 0. The fraction of sp³-hybridized carbons (Fsp3) is 0.636. The van der Waals surface area contributed by atoms with Crippen molar-refractivity contribution in [3.63, 3.8) is 0 Å². The highest BCUT2D eigenvalue weighted by Gasteiger charge is 2.15. The number of aliphatic hydroxyl groups is 1. The van der Waals surface area contributed by atoms with E-state index < -0.39 is 12.1 Å². The smallest absolute Gasteiger partial charge is 0.310 e. The van der Waals surface area contributed by atoms with Gasteiger partial charge in [-0.2, -0.15) is 0 Å². The van der Waals surface area contributed by atoms with Gasteiger partial charge in [0.05, 0.1) is 13.0 Å². The van der Waals surface area contributed by atoms with Gasteiger partial charge in [-0.05, 0) is 38.5 Å². The van der Waals surface area contributed by atoms with Crippen LogP contribution in [0.5, 0.6) is 0 Å². The molecule has 5 heteroatoms. The summed E-state index contributed by atoms with van der Waals surface area (Å²) < 4.78 is 10.4. The Hall–Kier alpha value is -2.40. The summed E-state index contributed by atoms with van der Waals surface area (Å²) in [4.78, 5) is 23.9. The Morgan fingerprint density at radius 2 is 1.11 bits per heavy atom. The second-order valence-electron chi connectivity index (χ2n) is 9.47. The van der Waals surface area contributed by atoms with Crippen LogP contribution >= 0.6 is 0 Å². The predicted octanol–water partition coefficient (Wildman–Crippen LogP) is 8.50. The van der Waals surface area contributed by atoms with Gasteiger partial charge in [0.2, 0.25) is 0 Å². The average molecular weight is 531 g/mol. The largest absolute Gasteiger partial charge is 0.462 e. The molecule has 0 aromatic carbocycles. The minimum Gasteiger partial charge on any atom is -0.462 e. The molecular weight excluding hydrogens is 476 g/mol. The first-order valence-electron chi connectivity index (χ1n) is 14.8. The van der Waals surface area contributed by atoms with E-state index in [2.05, 4.69) is 62.5 Å². The molecule has 0 rings (SSSR count). The van der Waals surface area contributed by atoms with Crippen molar-refractivity contribution in [2.24, 2.45) is 0 Å². The first-order chi connectivity index (χ1) is 18.6. The van der Waals surface area contributed by atoms with Crippen molar-refractivity contribution >= 4 is 11.9 Å². The molecule has 0 saturated carbocycles. The average Bonchev–Trinajstić information content (AvgIpc) is 2.92. The molecular formula is C33H54O5. The maximum absolute atomic E-state index is 12.0. The van der Waals surface area contributed by atoms with Crippen LogP contribution in [0.1, 0.15) is 117 Å². The molecule has 0 fully saturated rings. The van der Waals surface area contributed by atoms with Gasteiger partial charge in [-0.15, -0.1) is 0 Å². The maximum Gasteiger partial charge on any atom is 0.310 e. The SMILES string of the molecule is CC/C=C\C/C=C\C/C=C\C/C=C\C/C=C\CC(=O)OC(CO)COC(=O)CCCCCCCCCCC. The summed E-state index contributed by atoms with van der Waals surface area (Å²) in [5, 5.41) is 9.43. The Balaban J connectivity index is 3.82. The maximum atomic E-state index is 12.0. The Morgan fingerprint density at radius 3 is 1.61 bits per heavy atom. The third-order valence-corrected chi connectivity index (χ3v) is 5.86. The molecule has 0 aromatic rings. The number of rotatable bonds is 25. The van der Waals surface area contributed by atoms with Crippen molar-refractivity contribution in [2.75, 3.05) is 13.2 Å². The van der Waals surface area contributed by atoms with Crippen molar-refractivity contribution in [3.8, 4) is 0 Å². The topological polar surface area (TPSA) is 72.8 Å². The molecule has 0 aliphatic carbocycles. The number of carbonyl (C=O) groups excluding carboxylic acids is 2. The monoisotopic (exact) mass is 530 g/mol. The molecule has 1 atom stereocenters. The zero-order valence-electron chi connectivity index (χ0n) is 24.2. The molecule has 1 unspecified atom stereocenters. The van der Waals surface area contributed by atoms with E-state index in [1.54, 1.807) is 6.08 Å². The van der Waals surface area contributed by atoms with E-state index in [4.69, 9.17) is 9.47 Å². The van der Waals surface area contributed by atoms with Crippen LogP contribution < -0.4 is 0 Å². The Kier molecular flexibility index (Phi) is 27.3. The number of hydrogen-bond acceptors (Lipinski definition) is 5. The van der Waals surface area contributed by atoms with Gasteiger partial charge in [0, 0.05) is 6.42 Å². The van der Waals surface area contributed by atoms with Gasteiger partial charge >= 0.3 is 11.9 Å². The lowest BCUT2D eigenvalue weighted by Gasteiger charge is -2.15. The molecule has 0 saturated heterocycles. The zero-order valence-corrected chi connectivity index (χ0v) is 24.2. The van der Waals surface area contributed by atoms with E-state index in [1.165, 1.54) is 38.5 Å². The highest BCUT2D eigenvalue weighted by atomic mass is 16.6. The molecule has 0 amide bonds. The third-order valence-electron chi connectivity index (χ3n) is 5.86. The van der Waals surface area contributed by atoms with Gasteiger partial charge in [-0.1, -0.05) is 126 Å². The molecule has 0 aromatic heterocycles. The molecule has 0 aliphatic heterocycles. The van der Waals surface area contributed by atoms with E-state index in [-0.39, 0.29) is 25.6 Å². The summed E-state index contributed by atoms with van der Waals surface area (Å²) in [7, 11) is 0. The number of ether oxygens (including phenoxy) is 2. The molecule has 0 heterocycles. The quantitative estimate of drug-likeness (QED) is 0.0728. The molecule has 0 spiro atoms. The number of allylic oxidation sites excluding steroid dienone is 9. The molecule has 0 bridgehead atoms. The Labute approximate surface area is 232 Å². The van der Waals surface area contributed by atoms with Gasteiger partial charge in [0.1, 0.15) is 6.61 Å². The van der Waals surface area contributed by atoms with Crippen LogP contribution in [0.25, 0.3) is 0 Å². The van der Waals surface area contributed by atoms with Crippen LogP contribution in [0, 0.1) is 0 Å².